The first-order valence-electron chi connectivity index (χ1n) is 9.23. The molecular formula is C22H20ClN3O4S. The number of phenols is 1. The van der Waals surface area contributed by atoms with E-state index in [0.717, 1.165) is 9.87 Å². The summed E-state index contributed by atoms with van der Waals surface area (Å²) < 4.78 is 27.4. The molecule has 3 aromatic carbocycles. The van der Waals surface area contributed by atoms with Gasteiger partial charge >= 0.3 is 0 Å². The van der Waals surface area contributed by atoms with Crippen molar-refractivity contribution in [2.45, 2.75) is 11.8 Å². The highest BCUT2D eigenvalue weighted by Crippen LogP contribution is 2.27. The van der Waals surface area contributed by atoms with Crippen LogP contribution < -0.4 is 9.73 Å². The van der Waals surface area contributed by atoms with E-state index in [9.17, 15) is 18.3 Å². The minimum Gasteiger partial charge on any atom is -0.507 e. The van der Waals surface area contributed by atoms with Gasteiger partial charge in [0, 0.05) is 10.6 Å². The smallest absolute Gasteiger partial charge is 0.264 e. The van der Waals surface area contributed by atoms with Crippen molar-refractivity contribution in [1.82, 2.24) is 5.43 Å². The predicted molar refractivity (Wildman–Crippen MR) is 121 cm³/mol. The van der Waals surface area contributed by atoms with Crippen molar-refractivity contribution in [1.29, 1.82) is 0 Å². The van der Waals surface area contributed by atoms with Gasteiger partial charge in [0.25, 0.3) is 15.9 Å². The molecule has 1 amide bonds. The summed E-state index contributed by atoms with van der Waals surface area (Å²) >= 11 is 6.19. The number of phenolic OH excluding ortho intramolecular Hbond substituents is 1. The maximum atomic E-state index is 13.2. The highest BCUT2D eigenvalue weighted by atomic mass is 35.5. The molecule has 0 fully saturated rings. The van der Waals surface area contributed by atoms with Crippen LogP contribution in [0.3, 0.4) is 0 Å². The van der Waals surface area contributed by atoms with Crippen LogP contribution in [0, 0.1) is 6.92 Å². The molecule has 0 aliphatic rings. The molecule has 9 heteroatoms. The quantitative estimate of drug-likeness (QED) is 0.417. The Morgan fingerprint density at radius 3 is 2.45 bits per heavy atom. The number of sulfonamides is 1. The third-order valence-corrected chi connectivity index (χ3v) is 6.59. The summed E-state index contributed by atoms with van der Waals surface area (Å²) in [5, 5.41) is 13.9. The van der Waals surface area contributed by atoms with Crippen LogP contribution >= 0.6 is 11.6 Å². The Bertz CT molecular complexity index is 1210. The third-order valence-electron chi connectivity index (χ3n) is 4.39. The summed E-state index contributed by atoms with van der Waals surface area (Å²) in [7, 11) is -4.04. The van der Waals surface area contributed by atoms with Crippen LogP contribution in [0.1, 0.15) is 11.1 Å². The average Bonchev–Trinajstić information content (AvgIpc) is 2.76. The van der Waals surface area contributed by atoms with E-state index in [4.69, 9.17) is 11.6 Å². The summed E-state index contributed by atoms with van der Waals surface area (Å²) in [6, 6.07) is 19.0. The number of aryl methyl sites for hydroxylation is 1. The number of aromatic hydroxyl groups is 1. The van der Waals surface area contributed by atoms with E-state index in [1.165, 1.54) is 30.5 Å². The van der Waals surface area contributed by atoms with Crippen LogP contribution in [-0.2, 0) is 14.8 Å². The molecule has 0 radical (unpaired) electrons. The van der Waals surface area contributed by atoms with Crippen molar-refractivity contribution in [3.63, 3.8) is 0 Å². The van der Waals surface area contributed by atoms with E-state index in [2.05, 4.69) is 10.5 Å². The number of benzene rings is 3. The molecule has 0 heterocycles. The van der Waals surface area contributed by atoms with Gasteiger partial charge in [-0.25, -0.2) is 13.8 Å². The van der Waals surface area contributed by atoms with Gasteiger partial charge in [0.1, 0.15) is 12.3 Å². The molecule has 0 unspecified atom stereocenters. The van der Waals surface area contributed by atoms with E-state index in [1.807, 2.05) is 0 Å². The highest BCUT2D eigenvalue weighted by molar-refractivity contribution is 7.92. The van der Waals surface area contributed by atoms with Crippen molar-refractivity contribution in [3.05, 3.63) is 88.9 Å². The van der Waals surface area contributed by atoms with Crippen LogP contribution in [0.15, 0.2) is 82.8 Å². The molecule has 2 N–H and O–H groups in total. The van der Waals surface area contributed by atoms with Crippen molar-refractivity contribution >= 4 is 39.4 Å². The Hall–Kier alpha value is -3.36. The van der Waals surface area contributed by atoms with Gasteiger partial charge in [-0.3, -0.25) is 9.10 Å². The zero-order valence-corrected chi connectivity index (χ0v) is 18.1. The van der Waals surface area contributed by atoms with E-state index >= 15 is 0 Å². The maximum Gasteiger partial charge on any atom is 0.264 e. The van der Waals surface area contributed by atoms with Gasteiger partial charge in [-0.1, -0.05) is 48.0 Å². The Kier molecular flexibility index (Phi) is 6.94. The number of hydrazone groups is 1. The summed E-state index contributed by atoms with van der Waals surface area (Å²) in [6.07, 6.45) is 1.27. The molecule has 3 rings (SSSR count). The van der Waals surface area contributed by atoms with E-state index in [1.54, 1.807) is 55.5 Å². The van der Waals surface area contributed by atoms with Gasteiger partial charge in [0.15, 0.2) is 0 Å². The number of hydrogen-bond acceptors (Lipinski definition) is 5. The van der Waals surface area contributed by atoms with Crippen LogP contribution in [0.25, 0.3) is 0 Å². The normalized spacial score (nSPS) is 11.4. The van der Waals surface area contributed by atoms with Gasteiger partial charge in [-0.2, -0.15) is 5.10 Å². The fraction of sp³-hybridized carbons (Fsp3) is 0.0909. The first-order chi connectivity index (χ1) is 14.8. The Balaban J connectivity index is 1.87. The van der Waals surface area contributed by atoms with E-state index in [0.29, 0.717) is 10.6 Å². The number of anilines is 1. The molecule has 0 aromatic heterocycles. The molecule has 0 bridgehead atoms. The lowest BCUT2D eigenvalue weighted by molar-refractivity contribution is -0.119. The molecule has 0 atom stereocenters. The molecule has 3 aromatic rings. The molecule has 160 valence electrons. The number of nitrogens with one attached hydrogen (secondary N) is 1. The monoisotopic (exact) mass is 457 g/mol. The molecule has 0 aliphatic heterocycles. The number of rotatable bonds is 7. The summed E-state index contributed by atoms with van der Waals surface area (Å²) in [6.45, 7) is 1.28. The van der Waals surface area contributed by atoms with Gasteiger partial charge in [0.2, 0.25) is 0 Å². The number of amides is 1. The number of nitrogens with zero attached hydrogens (tertiary/aromatic N) is 2. The van der Waals surface area contributed by atoms with Gasteiger partial charge in [-0.15, -0.1) is 0 Å². The van der Waals surface area contributed by atoms with Crippen molar-refractivity contribution in [3.8, 4) is 5.75 Å². The fourth-order valence-corrected chi connectivity index (χ4v) is 4.32. The predicted octanol–water partition coefficient (Wildman–Crippen LogP) is 3.70. The lowest BCUT2D eigenvalue weighted by atomic mass is 10.2. The molecule has 31 heavy (non-hydrogen) atoms. The minimum atomic E-state index is -4.04. The van der Waals surface area contributed by atoms with Crippen LogP contribution in [0.5, 0.6) is 5.75 Å². The number of halogens is 1. The van der Waals surface area contributed by atoms with E-state index in [-0.39, 0.29) is 16.3 Å². The lowest BCUT2D eigenvalue weighted by Gasteiger charge is -2.24. The van der Waals surface area contributed by atoms with Crippen molar-refractivity contribution in [2.24, 2.45) is 5.10 Å². The molecular weight excluding hydrogens is 438 g/mol. The second kappa shape index (κ2) is 9.63. The first kappa shape index (κ1) is 22.3. The zero-order valence-electron chi connectivity index (χ0n) is 16.6. The second-order valence-electron chi connectivity index (χ2n) is 6.61. The first-order valence-corrected chi connectivity index (χ1v) is 11.0. The Labute approximate surface area is 185 Å². The molecule has 0 saturated carbocycles. The number of hydrogen-bond donors (Lipinski definition) is 2. The molecule has 0 saturated heterocycles. The molecule has 7 nitrogen and oxygen atoms in total. The number of para-hydroxylation sites is 1. The molecule has 0 aliphatic carbocycles. The van der Waals surface area contributed by atoms with Gasteiger partial charge in [0.05, 0.1) is 16.8 Å². The van der Waals surface area contributed by atoms with Crippen LogP contribution in [0.2, 0.25) is 5.02 Å². The SMILES string of the molecule is Cc1ccc(N(CC(=O)N/N=C/c2ccccc2O)S(=O)(=O)c2ccccc2)cc1Cl. The topological polar surface area (TPSA) is 99.1 Å². The Morgan fingerprint density at radius 2 is 1.77 bits per heavy atom. The van der Waals surface area contributed by atoms with Gasteiger partial charge < -0.3 is 5.11 Å². The summed E-state index contributed by atoms with van der Waals surface area (Å²) in [5.74, 6) is -0.661. The number of carbonyl (C=O) groups is 1. The highest BCUT2D eigenvalue weighted by Gasteiger charge is 2.27. The standard InChI is InChI=1S/C22H20ClN3O4S/c1-16-11-12-18(13-20(16)23)26(31(29,30)19-8-3-2-4-9-19)15-22(28)25-24-14-17-7-5-6-10-21(17)27/h2-14,27H,15H2,1H3,(H,25,28)/b24-14+. The third kappa shape index (κ3) is 5.42. The zero-order chi connectivity index (χ0) is 22.4. The molecule has 0 spiro atoms. The summed E-state index contributed by atoms with van der Waals surface area (Å²) in [4.78, 5) is 12.5. The van der Waals surface area contributed by atoms with Crippen molar-refractivity contribution in [2.75, 3.05) is 10.8 Å². The minimum absolute atomic E-state index is 0.00285. The largest absolute Gasteiger partial charge is 0.507 e. The fourth-order valence-electron chi connectivity index (χ4n) is 2.71. The Morgan fingerprint density at radius 1 is 1.10 bits per heavy atom. The average molecular weight is 458 g/mol. The lowest BCUT2D eigenvalue weighted by Crippen LogP contribution is -2.39. The maximum absolute atomic E-state index is 13.2. The van der Waals surface area contributed by atoms with Crippen molar-refractivity contribution < 1.29 is 18.3 Å². The summed E-state index contributed by atoms with van der Waals surface area (Å²) in [5.41, 5.74) is 3.72. The number of carbonyl (C=O) groups excluding carboxylic acids is 1. The van der Waals surface area contributed by atoms with Crippen LogP contribution in [-0.4, -0.2) is 32.2 Å². The van der Waals surface area contributed by atoms with Gasteiger partial charge in [-0.05, 0) is 48.9 Å². The van der Waals surface area contributed by atoms with E-state index < -0.39 is 22.5 Å². The van der Waals surface area contributed by atoms with Crippen LogP contribution in [0.4, 0.5) is 5.69 Å². The second-order valence-corrected chi connectivity index (χ2v) is 8.88.